The summed E-state index contributed by atoms with van der Waals surface area (Å²) in [6.45, 7) is 2.64. The van der Waals surface area contributed by atoms with Gasteiger partial charge in [0, 0.05) is 18.2 Å². The summed E-state index contributed by atoms with van der Waals surface area (Å²) >= 11 is 0. The van der Waals surface area contributed by atoms with Crippen molar-refractivity contribution < 1.29 is 14.1 Å². The van der Waals surface area contributed by atoms with Gasteiger partial charge in [0.05, 0.1) is 11.5 Å². The Morgan fingerprint density at radius 1 is 1.50 bits per heavy atom. The van der Waals surface area contributed by atoms with E-state index in [-0.39, 0.29) is 12.2 Å². The third-order valence-corrected chi connectivity index (χ3v) is 2.15. The van der Waals surface area contributed by atoms with Crippen molar-refractivity contribution in [1.82, 2.24) is 0 Å². The third-order valence-electron chi connectivity index (χ3n) is 2.15. The maximum Gasteiger partial charge on any atom is 0.305 e. The summed E-state index contributed by atoms with van der Waals surface area (Å²) < 4.78 is 18.7. The van der Waals surface area contributed by atoms with Crippen molar-refractivity contribution >= 4 is 5.69 Å². The van der Waals surface area contributed by atoms with Crippen LogP contribution in [0.4, 0.5) is 10.1 Å². The first-order valence-corrected chi connectivity index (χ1v) is 5.16. The largest absolute Gasteiger partial charge is 0.377 e. The number of hydrogen-bond acceptors (Lipinski definition) is 3. The summed E-state index contributed by atoms with van der Waals surface area (Å²) in [5.74, 6) is -0.802. The zero-order chi connectivity index (χ0) is 12.0. The molecule has 4 nitrogen and oxygen atoms in total. The van der Waals surface area contributed by atoms with Crippen molar-refractivity contribution in [2.45, 2.75) is 26.4 Å². The van der Waals surface area contributed by atoms with Crippen LogP contribution in [0.15, 0.2) is 18.2 Å². The van der Waals surface area contributed by atoms with E-state index in [1.807, 2.05) is 6.92 Å². The Morgan fingerprint density at radius 2 is 2.25 bits per heavy atom. The van der Waals surface area contributed by atoms with Crippen LogP contribution in [-0.4, -0.2) is 11.5 Å². The minimum Gasteiger partial charge on any atom is -0.377 e. The van der Waals surface area contributed by atoms with Crippen LogP contribution in [0.1, 0.15) is 25.3 Å². The van der Waals surface area contributed by atoms with Crippen molar-refractivity contribution in [3.8, 4) is 0 Å². The predicted octanol–water partition coefficient (Wildman–Crippen LogP) is 3.05. The number of nitro groups is 1. The van der Waals surface area contributed by atoms with Gasteiger partial charge in [0.2, 0.25) is 5.82 Å². The van der Waals surface area contributed by atoms with Crippen molar-refractivity contribution in [3.63, 3.8) is 0 Å². The van der Waals surface area contributed by atoms with E-state index in [9.17, 15) is 14.5 Å². The first kappa shape index (κ1) is 12.6. The molecule has 0 radical (unpaired) electrons. The van der Waals surface area contributed by atoms with Gasteiger partial charge in [-0.15, -0.1) is 0 Å². The first-order chi connectivity index (χ1) is 7.66. The van der Waals surface area contributed by atoms with Crippen LogP contribution in [0, 0.1) is 15.9 Å². The molecular formula is C11H14FNO3. The smallest absolute Gasteiger partial charge is 0.305 e. The standard InChI is InChI=1S/C11H14FNO3/c1-2-3-7-16-8-9-5-4-6-10(11(9)12)13(14)15/h4-6H,2-3,7-8H2,1H3. The second kappa shape index (κ2) is 6.17. The number of nitro benzene ring substituents is 1. The van der Waals surface area contributed by atoms with Gasteiger partial charge in [0.25, 0.3) is 0 Å². The van der Waals surface area contributed by atoms with E-state index in [0.29, 0.717) is 6.61 Å². The lowest BCUT2D eigenvalue weighted by atomic mass is 10.2. The van der Waals surface area contributed by atoms with Gasteiger partial charge >= 0.3 is 5.69 Å². The van der Waals surface area contributed by atoms with Crippen LogP contribution in [0.2, 0.25) is 0 Å². The van der Waals surface area contributed by atoms with E-state index < -0.39 is 16.4 Å². The zero-order valence-electron chi connectivity index (χ0n) is 9.11. The second-order valence-electron chi connectivity index (χ2n) is 3.41. The Kier molecular flexibility index (Phi) is 4.85. The lowest BCUT2D eigenvalue weighted by molar-refractivity contribution is -0.387. The number of halogens is 1. The van der Waals surface area contributed by atoms with Crippen molar-refractivity contribution in [2.24, 2.45) is 0 Å². The van der Waals surface area contributed by atoms with E-state index in [0.717, 1.165) is 18.9 Å². The van der Waals surface area contributed by atoms with E-state index in [1.165, 1.54) is 12.1 Å². The van der Waals surface area contributed by atoms with Gasteiger partial charge < -0.3 is 4.74 Å². The molecule has 0 atom stereocenters. The molecular weight excluding hydrogens is 213 g/mol. The topological polar surface area (TPSA) is 52.4 Å². The molecule has 0 saturated heterocycles. The molecule has 5 heteroatoms. The van der Waals surface area contributed by atoms with Crippen molar-refractivity contribution in [3.05, 3.63) is 39.7 Å². The highest BCUT2D eigenvalue weighted by molar-refractivity contribution is 5.36. The quantitative estimate of drug-likeness (QED) is 0.426. The fourth-order valence-electron chi connectivity index (χ4n) is 1.25. The summed E-state index contributed by atoms with van der Waals surface area (Å²) in [5.41, 5.74) is -0.276. The molecule has 0 bridgehead atoms. The Morgan fingerprint density at radius 3 is 2.88 bits per heavy atom. The molecule has 88 valence electrons. The predicted molar refractivity (Wildman–Crippen MR) is 57.6 cm³/mol. The zero-order valence-corrected chi connectivity index (χ0v) is 9.11. The second-order valence-corrected chi connectivity index (χ2v) is 3.41. The van der Waals surface area contributed by atoms with E-state index in [1.54, 1.807) is 0 Å². The molecule has 16 heavy (non-hydrogen) atoms. The molecule has 0 unspecified atom stereocenters. The maximum absolute atomic E-state index is 13.5. The van der Waals surface area contributed by atoms with Gasteiger partial charge in [0.1, 0.15) is 0 Å². The molecule has 1 rings (SSSR count). The van der Waals surface area contributed by atoms with Gasteiger partial charge in [-0.2, -0.15) is 4.39 Å². The molecule has 0 aliphatic carbocycles. The molecule has 0 amide bonds. The molecule has 0 saturated carbocycles. The maximum atomic E-state index is 13.5. The monoisotopic (exact) mass is 227 g/mol. The molecule has 0 spiro atoms. The normalized spacial score (nSPS) is 10.4. The number of hydrogen-bond donors (Lipinski definition) is 0. The average Bonchev–Trinajstić information content (AvgIpc) is 2.26. The molecule has 1 aromatic carbocycles. The molecule has 0 fully saturated rings. The van der Waals surface area contributed by atoms with E-state index >= 15 is 0 Å². The van der Waals surface area contributed by atoms with Crippen molar-refractivity contribution in [1.29, 1.82) is 0 Å². The van der Waals surface area contributed by atoms with Gasteiger partial charge in [-0.25, -0.2) is 0 Å². The summed E-state index contributed by atoms with van der Waals surface area (Å²) in [6, 6.07) is 4.10. The van der Waals surface area contributed by atoms with Gasteiger partial charge in [-0.1, -0.05) is 25.5 Å². The minimum atomic E-state index is -0.802. The Balaban J connectivity index is 2.66. The Bertz CT molecular complexity index is 368. The van der Waals surface area contributed by atoms with Gasteiger partial charge in [-0.3, -0.25) is 10.1 Å². The average molecular weight is 227 g/mol. The lowest BCUT2D eigenvalue weighted by Gasteiger charge is -2.04. The number of rotatable bonds is 6. The SMILES string of the molecule is CCCCOCc1cccc([N+](=O)[O-])c1F. The van der Waals surface area contributed by atoms with Crippen LogP contribution in [0.5, 0.6) is 0 Å². The van der Waals surface area contributed by atoms with Crippen LogP contribution in [0.3, 0.4) is 0 Å². The minimum absolute atomic E-state index is 0.0769. The fourth-order valence-corrected chi connectivity index (χ4v) is 1.25. The molecule has 0 N–H and O–H groups in total. The number of unbranched alkanes of at least 4 members (excludes halogenated alkanes) is 1. The molecule has 0 aromatic heterocycles. The number of benzene rings is 1. The van der Waals surface area contributed by atoms with Gasteiger partial charge in [0.15, 0.2) is 0 Å². The van der Waals surface area contributed by atoms with Crippen LogP contribution >= 0.6 is 0 Å². The summed E-state index contributed by atoms with van der Waals surface area (Å²) in [4.78, 5) is 9.74. The Labute approximate surface area is 93.2 Å². The van der Waals surface area contributed by atoms with E-state index in [4.69, 9.17) is 4.74 Å². The van der Waals surface area contributed by atoms with Gasteiger partial charge in [-0.05, 0) is 6.42 Å². The molecule has 1 aromatic rings. The van der Waals surface area contributed by atoms with Crippen molar-refractivity contribution in [2.75, 3.05) is 6.61 Å². The summed E-state index contributed by atoms with van der Waals surface area (Å²) in [6.07, 6.45) is 1.90. The molecule has 0 aliphatic rings. The summed E-state index contributed by atoms with van der Waals surface area (Å²) in [7, 11) is 0. The van der Waals surface area contributed by atoms with E-state index in [2.05, 4.69) is 0 Å². The lowest BCUT2D eigenvalue weighted by Crippen LogP contribution is -2.00. The Hall–Kier alpha value is -1.49. The highest BCUT2D eigenvalue weighted by atomic mass is 19.1. The highest BCUT2D eigenvalue weighted by Gasteiger charge is 2.16. The number of nitrogens with zero attached hydrogens (tertiary/aromatic N) is 1. The number of ether oxygens (including phenoxy) is 1. The molecule has 0 aliphatic heterocycles. The van der Waals surface area contributed by atoms with Crippen LogP contribution in [-0.2, 0) is 11.3 Å². The highest BCUT2D eigenvalue weighted by Crippen LogP contribution is 2.20. The molecule has 0 heterocycles. The van der Waals surface area contributed by atoms with Crippen LogP contribution < -0.4 is 0 Å². The first-order valence-electron chi connectivity index (χ1n) is 5.16. The summed E-state index contributed by atoms with van der Waals surface area (Å²) in [5, 5.41) is 10.5. The third kappa shape index (κ3) is 3.27. The fraction of sp³-hybridized carbons (Fsp3) is 0.455. The van der Waals surface area contributed by atoms with Crippen LogP contribution in [0.25, 0.3) is 0 Å².